The molecule has 0 saturated heterocycles. The van der Waals surface area contributed by atoms with Crippen LogP contribution in [0.5, 0.6) is 0 Å². The van der Waals surface area contributed by atoms with Gasteiger partial charge in [-0.2, -0.15) is 0 Å². The number of carbonyl (C=O) groups excluding carboxylic acids is 1. The molecule has 1 amide bonds. The van der Waals surface area contributed by atoms with Crippen LogP contribution in [0.3, 0.4) is 0 Å². The maximum atomic E-state index is 12.6. The Kier molecular flexibility index (Phi) is 6.16. The molecule has 2 aromatic rings. The zero-order valence-electron chi connectivity index (χ0n) is 13.2. The summed E-state index contributed by atoms with van der Waals surface area (Å²) < 4.78 is 0. The van der Waals surface area contributed by atoms with Gasteiger partial charge < -0.3 is 10.6 Å². The van der Waals surface area contributed by atoms with Gasteiger partial charge in [-0.15, -0.1) is 23.7 Å². The number of hydrogen-bond acceptors (Lipinski definition) is 4. The molecule has 0 fully saturated rings. The lowest BCUT2D eigenvalue weighted by Gasteiger charge is -2.32. The molecule has 1 atom stereocenters. The number of aromatic nitrogens is 1. The summed E-state index contributed by atoms with van der Waals surface area (Å²) >= 11 is 1.52. The number of rotatable bonds is 4. The largest absolute Gasteiger partial charge is 0.337 e. The molecule has 1 unspecified atom stereocenters. The Morgan fingerprint density at radius 1 is 1.39 bits per heavy atom. The first kappa shape index (κ1) is 17.9. The number of hydrogen-bond donors (Lipinski definition) is 1. The number of benzene rings is 1. The molecule has 0 radical (unpaired) electrons. The summed E-state index contributed by atoms with van der Waals surface area (Å²) in [5.74, 6) is 0.0175. The highest BCUT2D eigenvalue weighted by molar-refractivity contribution is 7.09. The first-order valence-corrected chi connectivity index (χ1v) is 8.55. The third-order valence-electron chi connectivity index (χ3n) is 4.32. The predicted octanol–water partition coefficient (Wildman–Crippen LogP) is 2.70. The summed E-state index contributed by atoms with van der Waals surface area (Å²) in [5, 5.41) is 2.79. The number of carbonyl (C=O) groups is 1. The Labute approximate surface area is 147 Å². The highest BCUT2D eigenvalue weighted by Crippen LogP contribution is 2.25. The smallest absolute Gasteiger partial charge is 0.273 e. The molecule has 6 heteroatoms. The average Bonchev–Trinajstić information content (AvgIpc) is 3.02. The van der Waals surface area contributed by atoms with Crippen LogP contribution in [0.1, 0.15) is 33.0 Å². The molecule has 0 spiro atoms. The van der Waals surface area contributed by atoms with Crippen molar-refractivity contribution >= 4 is 29.7 Å². The van der Waals surface area contributed by atoms with E-state index in [0.29, 0.717) is 12.2 Å². The van der Waals surface area contributed by atoms with Gasteiger partial charge in [0.25, 0.3) is 5.91 Å². The van der Waals surface area contributed by atoms with Gasteiger partial charge >= 0.3 is 0 Å². The maximum absolute atomic E-state index is 12.6. The number of amides is 1. The van der Waals surface area contributed by atoms with E-state index in [1.54, 1.807) is 0 Å². The zero-order chi connectivity index (χ0) is 15.5. The Morgan fingerprint density at radius 2 is 2.13 bits per heavy atom. The van der Waals surface area contributed by atoms with Gasteiger partial charge in [0, 0.05) is 24.9 Å². The molecule has 1 aliphatic carbocycles. The van der Waals surface area contributed by atoms with E-state index >= 15 is 0 Å². The van der Waals surface area contributed by atoms with Crippen molar-refractivity contribution in [2.24, 2.45) is 5.73 Å². The van der Waals surface area contributed by atoms with Crippen LogP contribution >= 0.6 is 23.7 Å². The van der Waals surface area contributed by atoms with E-state index in [2.05, 4.69) is 29.2 Å². The highest BCUT2D eigenvalue weighted by Gasteiger charge is 2.26. The zero-order valence-corrected chi connectivity index (χ0v) is 14.8. The third kappa shape index (κ3) is 3.91. The number of thiazole rings is 1. The molecule has 0 aliphatic heterocycles. The standard InChI is InChI=1S/C17H21N3OS.ClH/c1-20(17(21)15-11-22-16(19-15)8-9-18)14-7-6-12-4-2-3-5-13(12)10-14;/h2-5,11,14H,6-10,18H2,1H3;1H. The van der Waals surface area contributed by atoms with Crippen LogP contribution in [0, 0.1) is 0 Å². The molecule has 4 nitrogen and oxygen atoms in total. The topological polar surface area (TPSA) is 59.2 Å². The monoisotopic (exact) mass is 351 g/mol. The summed E-state index contributed by atoms with van der Waals surface area (Å²) in [6.45, 7) is 0.566. The molecule has 124 valence electrons. The minimum absolute atomic E-state index is 0. The average molecular weight is 352 g/mol. The van der Waals surface area contributed by atoms with Gasteiger partial charge in [0.2, 0.25) is 0 Å². The third-order valence-corrected chi connectivity index (χ3v) is 5.23. The summed E-state index contributed by atoms with van der Waals surface area (Å²) in [5.41, 5.74) is 8.87. The molecule has 1 heterocycles. The predicted molar refractivity (Wildman–Crippen MR) is 96.5 cm³/mol. The van der Waals surface area contributed by atoms with Gasteiger partial charge in [-0.25, -0.2) is 4.98 Å². The summed E-state index contributed by atoms with van der Waals surface area (Å²) in [4.78, 5) is 18.9. The fourth-order valence-corrected chi connectivity index (χ4v) is 3.79. The maximum Gasteiger partial charge on any atom is 0.273 e. The lowest BCUT2D eigenvalue weighted by molar-refractivity contribution is 0.0713. The first-order valence-electron chi connectivity index (χ1n) is 7.67. The molecule has 0 bridgehead atoms. The first-order chi connectivity index (χ1) is 10.7. The highest BCUT2D eigenvalue weighted by atomic mass is 35.5. The number of halogens is 1. The molecule has 2 N–H and O–H groups in total. The van der Waals surface area contributed by atoms with Gasteiger partial charge in [-0.05, 0) is 36.9 Å². The summed E-state index contributed by atoms with van der Waals surface area (Å²) in [6.07, 6.45) is 3.71. The van der Waals surface area contributed by atoms with E-state index in [9.17, 15) is 4.79 Å². The molecule has 0 saturated carbocycles. The molecule has 1 aromatic carbocycles. The number of likely N-dealkylation sites (N-methyl/N-ethyl adjacent to an activating group) is 1. The van der Waals surface area contributed by atoms with Crippen molar-refractivity contribution in [1.29, 1.82) is 0 Å². The normalized spacial score (nSPS) is 16.3. The van der Waals surface area contributed by atoms with E-state index in [4.69, 9.17) is 5.73 Å². The minimum Gasteiger partial charge on any atom is -0.337 e. The minimum atomic E-state index is 0. The van der Waals surface area contributed by atoms with Crippen molar-refractivity contribution in [1.82, 2.24) is 9.88 Å². The Hall–Kier alpha value is -1.43. The molecule has 1 aromatic heterocycles. The molecule has 3 rings (SSSR count). The second kappa shape index (κ2) is 7.90. The van der Waals surface area contributed by atoms with Gasteiger partial charge in [-0.3, -0.25) is 4.79 Å². The number of nitrogens with zero attached hydrogens (tertiary/aromatic N) is 2. The van der Waals surface area contributed by atoms with Crippen molar-refractivity contribution in [2.75, 3.05) is 13.6 Å². The Bertz CT molecular complexity index is 673. The quantitative estimate of drug-likeness (QED) is 0.921. The summed E-state index contributed by atoms with van der Waals surface area (Å²) in [7, 11) is 1.89. The van der Waals surface area contributed by atoms with Crippen LogP contribution < -0.4 is 5.73 Å². The van der Waals surface area contributed by atoms with Crippen LogP contribution in [-0.4, -0.2) is 35.4 Å². The van der Waals surface area contributed by atoms with Crippen LogP contribution in [0.4, 0.5) is 0 Å². The Morgan fingerprint density at radius 3 is 2.87 bits per heavy atom. The molecule has 1 aliphatic rings. The lowest BCUT2D eigenvalue weighted by Crippen LogP contribution is -2.40. The molecular weight excluding hydrogens is 330 g/mol. The van der Waals surface area contributed by atoms with Crippen molar-refractivity contribution in [3.8, 4) is 0 Å². The van der Waals surface area contributed by atoms with E-state index in [1.165, 1.54) is 22.5 Å². The number of nitrogens with two attached hydrogens (primary N) is 1. The lowest BCUT2D eigenvalue weighted by atomic mass is 9.87. The van der Waals surface area contributed by atoms with E-state index in [-0.39, 0.29) is 24.4 Å². The van der Waals surface area contributed by atoms with Gasteiger partial charge in [0.1, 0.15) is 5.69 Å². The number of aryl methyl sites for hydroxylation is 1. The van der Waals surface area contributed by atoms with Crippen LogP contribution in [-0.2, 0) is 19.3 Å². The van der Waals surface area contributed by atoms with Crippen molar-refractivity contribution < 1.29 is 4.79 Å². The van der Waals surface area contributed by atoms with Gasteiger partial charge in [0.05, 0.1) is 5.01 Å². The van der Waals surface area contributed by atoms with Crippen LogP contribution in [0.15, 0.2) is 29.6 Å². The van der Waals surface area contributed by atoms with Crippen LogP contribution in [0.25, 0.3) is 0 Å². The molecular formula is C17H22ClN3OS. The van der Waals surface area contributed by atoms with Crippen molar-refractivity contribution in [2.45, 2.75) is 31.7 Å². The van der Waals surface area contributed by atoms with E-state index in [1.807, 2.05) is 17.3 Å². The van der Waals surface area contributed by atoms with E-state index in [0.717, 1.165) is 30.7 Å². The Balaban J connectivity index is 0.00000192. The second-order valence-corrected chi connectivity index (χ2v) is 6.69. The fraction of sp³-hybridized carbons (Fsp3) is 0.412. The SMILES string of the molecule is CN(C(=O)c1csc(CCN)n1)C1CCc2ccccc2C1.Cl. The number of fused-ring (bicyclic) bond motifs is 1. The summed E-state index contributed by atoms with van der Waals surface area (Å²) in [6, 6.07) is 8.77. The molecule has 23 heavy (non-hydrogen) atoms. The van der Waals surface area contributed by atoms with Gasteiger partial charge in [-0.1, -0.05) is 24.3 Å². The van der Waals surface area contributed by atoms with Gasteiger partial charge in [0.15, 0.2) is 0 Å². The van der Waals surface area contributed by atoms with Crippen molar-refractivity contribution in [3.63, 3.8) is 0 Å². The van der Waals surface area contributed by atoms with Crippen LogP contribution in [0.2, 0.25) is 0 Å². The van der Waals surface area contributed by atoms with Crippen molar-refractivity contribution in [3.05, 3.63) is 51.5 Å². The fourth-order valence-electron chi connectivity index (χ4n) is 3.00. The van der Waals surface area contributed by atoms with E-state index < -0.39 is 0 Å². The second-order valence-electron chi connectivity index (χ2n) is 5.75.